The van der Waals surface area contributed by atoms with Crippen LogP contribution in [0.3, 0.4) is 0 Å². The lowest BCUT2D eigenvalue weighted by Gasteiger charge is -2.28. The van der Waals surface area contributed by atoms with E-state index in [0.29, 0.717) is 18.7 Å². The van der Waals surface area contributed by atoms with Gasteiger partial charge in [-0.1, -0.05) is 48.5 Å². The van der Waals surface area contributed by atoms with Crippen LogP contribution in [-0.4, -0.2) is 28.8 Å². The molecule has 0 fully saturated rings. The molecule has 0 saturated carbocycles. The van der Waals surface area contributed by atoms with Crippen molar-refractivity contribution in [1.82, 2.24) is 4.90 Å². The first-order chi connectivity index (χ1) is 10.1. The molecule has 0 aromatic heterocycles. The molecule has 2 aromatic rings. The zero-order valence-electron chi connectivity index (χ0n) is 12.7. The monoisotopic (exact) mass is 285 g/mol. The van der Waals surface area contributed by atoms with Crippen molar-refractivity contribution in [3.8, 4) is 5.75 Å². The lowest BCUT2D eigenvalue weighted by molar-refractivity contribution is 0.179. The number of aryl methyl sites for hydroxylation is 1. The van der Waals surface area contributed by atoms with E-state index in [0.717, 1.165) is 11.1 Å². The average molecular weight is 285 g/mol. The zero-order chi connectivity index (χ0) is 15.2. The highest BCUT2D eigenvalue weighted by atomic mass is 16.3. The molecule has 0 amide bonds. The Balaban J connectivity index is 2.19. The fourth-order valence-corrected chi connectivity index (χ4v) is 2.67. The number of phenolic OH excluding ortho intramolecular Hbond substituents is 1. The second-order valence-electron chi connectivity index (χ2n) is 5.44. The third-order valence-electron chi connectivity index (χ3n) is 3.86. The molecule has 2 N–H and O–H groups in total. The van der Waals surface area contributed by atoms with Gasteiger partial charge in [-0.25, -0.2) is 0 Å². The molecule has 3 heteroatoms. The molecule has 0 bridgehead atoms. The number of hydrogen-bond donors (Lipinski definition) is 2. The van der Waals surface area contributed by atoms with Gasteiger partial charge in [-0.15, -0.1) is 0 Å². The van der Waals surface area contributed by atoms with Gasteiger partial charge in [-0.3, -0.25) is 4.90 Å². The number of hydrogen-bond acceptors (Lipinski definition) is 3. The highest BCUT2D eigenvalue weighted by molar-refractivity contribution is 5.39. The van der Waals surface area contributed by atoms with E-state index in [1.807, 2.05) is 50.4 Å². The normalized spacial score (nSPS) is 12.6. The molecule has 1 unspecified atom stereocenters. The zero-order valence-corrected chi connectivity index (χ0v) is 12.7. The molecule has 112 valence electrons. The van der Waals surface area contributed by atoms with Gasteiger partial charge in [0.25, 0.3) is 0 Å². The number of aliphatic hydroxyl groups excluding tert-OH is 1. The topological polar surface area (TPSA) is 43.7 Å². The number of aromatic hydroxyl groups is 1. The Kier molecular flexibility index (Phi) is 5.37. The lowest BCUT2D eigenvalue weighted by Crippen LogP contribution is -2.25. The quantitative estimate of drug-likeness (QED) is 0.856. The summed E-state index contributed by atoms with van der Waals surface area (Å²) in [5.74, 6) is 0.361. The van der Waals surface area contributed by atoms with E-state index < -0.39 is 0 Å². The minimum Gasteiger partial charge on any atom is -0.507 e. The summed E-state index contributed by atoms with van der Waals surface area (Å²) in [5, 5.41) is 19.5. The summed E-state index contributed by atoms with van der Waals surface area (Å²) >= 11 is 0. The molecule has 1 atom stereocenters. The minimum absolute atomic E-state index is 0.135. The van der Waals surface area contributed by atoms with Crippen LogP contribution in [0.15, 0.2) is 48.5 Å². The van der Waals surface area contributed by atoms with Crippen LogP contribution in [-0.2, 0) is 6.54 Å². The van der Waals surface area contributed by atoms with E-state index in [1.54, 1.807) is 0 Å². The van der Waals surface area contributed by atoms with Crippen LogP contribution in [0.25, 0.3) is 0 Å². The molecule has 0 aliphatic rings. The van der Waals surface area contributed by atoms with Crippen LogP contribution in [0, 0.1) is 6.92 Å². The Bertz CT molecular complexity index is 569. The van der Waals surface area contributed by atoms with Crippen LogP contribution in [0.4, 0.5) is 0 Å². The number of aliphatic hydroxyl groups is 1. The standard InChI is InChI=1S/C18H23NO2/c1-14-7-6-10-16(18(14)21)13-19(2)17(11-12-20)15-8-4-3-5-9-15/h3-10,17,20-21H,11-13H2,1-2H3. The number of phenols is 1. The molecule has 0 aliphatic carbocycles. The van der Waals surface area contributed by atoms with Crippen molar-refractivity contribution in [1.29, 1.82) is 0 Å². The van der Waals surface area contributed by atoms with Gasteiger partial charge in [0.1, 0.15) is 5.75 Å². The maximum atomic E-state index is 10.2. The van der Waals surface area contributed by atoms with Gasteiger partial charge in [-0.2, -0.15) is 0 Å². The van der Waals surface area contributed by atoms with E-state index >= 15 is 0 Å². The summed E-state index contributed by atoms with van der Waals surface area (Å²) in [6.07, 6.45) is 0.674. The van der Waals surface area contributed by atoms with E-state index in [4.69, 9.17) is 0 Å². The smallest absolute Gasteiger partial charge is 0.122 e. The maximum absolute atomic E-state index is 10.2. The minimum atomic E-state index is 0.135. The van der Waals surface area contributed by atoms with Crippen LogP contribution < -0.4 is 0 Å². The van der Waals surface area contributed by atoms with Crippen LogP contribution >= 0.6 is 0 Å². The highest BCUT2D eigenvalue weighted by Gasteiger charge is 2.18. The van der Waals surface area contributed by atoms with Gasteiger partial charge in [0.15, 0.2) is 0 Å². The molecule has 2 rings (SSSR count). The van der Waals surface area contributed by atoms with Gasteiger partial charge in [0.2, 0.25) is 0 Å². The highest BCUT2D eigenvalue weighted by Crippen LogP contribution is 2.28. The predicted molar refractivity (Wildman–Crippen MR) is 85.2 cm³/mol. The number of para-hydroxylation sites is 1. The van der Waals surface area contributed by atoms with E-state index in [9.17, 15) is 10.2 Å². The molecule has 2 aromatic carbocycles. The Morgan fingerprint density at radius 2 is 1.76 bits per heavy atom. The molecule has 0 spiro atoms. The Morgan fingerprint density at radius 1 is 1.05 bits per heavy atom. The first-order valence-corrected chi connectivity index (χ1v) is 7.27. The number of benzene rings is 2. The van der Waals surface area contributed by atoms with Crippen LogP contribution in [0.2, 0.25) is 0 Å². The van der Waals surface area contributed by atoms with Crippen molar-refractivity contribution < 1.29 is 10.2 Å². The molecule has 3 nitrogen and oxygen atoms in total. The van der Waals surface area contributed by atoms with Crippen molar-refractivity contribution in [2.24, 2.45) is 0 Å². The van der Waals surface area contributed by atoms with Gasteiger partial charge < -0.3 is 10.2 Å². The molecule has 0 saturated heterocycles. The fraction of sp³-hybridized carbons (Fsp3) is 0.333. The fourth-order valence-electron chi connectivity index (χ4n) is 2.67. The van der Waals surface area contributed by atoms with Crippen LogP contribution in [0.1, 0.15) is 29.2 Å². The summed E-state index contributed by atoms with van der Waals surface area (Å²) in [6.45, 7) is 2.69. The largest absolute Gasteiger partial charge is 0.507 e. The maximum Gasteiger partial charge on any atom is 0.122 e. The van der Waals surface area contributed by atoms with Crippen molar-refractivity contribution in [3.63, 3.8) is 0 Å². The van der Waals surface area contributed by atoms with Gasteiger partial charge in [0, 0.05) is 24.8 Å². The third-order valence-corrected chi connectivity index (χ3v) is 3.86. The first kappa shape index (κ1) is 15.5. The summed E-state index contributed by atoms with van der Waals surface area (Å²) in [4.78, 5) is 2.17. The van der Waals surface area contributed by atoms with Crippen molar-refractivity contribution >= 4 is 0 Å². The molecular formula is C18H23NO2. The van der Waals surface area contributed by atoms with Gasteiger partial charge in [-0.05, 0) is 31.5 Å². The van der Waals surface area contributed by atoms with Crippen LogP contribution in [0.5, 0.6) is 5.75 Å². The Hall–Kier alpha value is -1.84. The summed E-state index contributed by atoms with van der Waals surface area (Å²) in [6, 6.07) is 16.1. The van der Waals surface area contributed by atoms with Crippen molar-refractivity contribution in [2.45, 2.75) is 25.9 Å². The summed E-state index contributed by atoms with van der Waals surface area (Å²) in [7, 11) is 2.02. The van der Waals surface area contributed by atoms with E-state index in [2.05, 4.69) is 17.0 Å². The number of rotatable bonds is 6. The second kappa shape index (κ2) is 7.25. The molecule has 0 heterocycles. The molecule has 21 heavy (non-hydrogen) atoms. The molecule has 0 radical (unpaired) electrons. The van der Waals surface area contributed by atoms with Gasteiger partial charge >= 0.3 is 0 Å². The van der Waals surface area contributed by atoms with Crippen molar-refractivity contribution in [2.75, 3.05) is 13.7 Å². The second-order valence-corrected chi connectivity index (χ2v) is 5.44. The van der Waals surface area contributed by atoms with Crippen molar-refractivity contribution in [3.05, 3.63) is 65.2 Å². The summed E-state index contributed by atoms with van der Waals surface area (Å²) in [5.41, 5.74) is 2.98. The SMILES string of the molecule is Cc1cccc(CN(C)C(CCO)c2ccccc2)c1O. The Labute approximate surface area is 126 Å². The lowest BCUT2D eigenvalue weighted by atomic mass is 10.0. The van der Waals surface area contributed by atoms with E-state index in [1.165, 1.54) is 5.56 Å². The Morgan fingerprint density at radius 3 is 2.43 bits per heavy atom. The van der Waals surface area contributed by atoms with E-state index in [-0.39, 0.29) is 12.6 Å². The van der Waals surface area contributed by atoms with Gasteiger partial charge in [0.05, 0.1) is 0 Å². The molecular weight excluding hydrogens is 262 g/mol. The third kappa shape index (κ3) is 3.84. The molecule has 0 aliphatic heterocycles. The number of nitrogens with zero attached hydrogens (tertiary/aromatic N) is 1. The first-order valence-electron chi connectivity index (χ1n) is 7.27. The average Bonchev–Trinajstić information content (AvgIpc) is 2.50. The predicted octanol–water partition coefficient (Wildman–Crippen LogP) is 3.26. The summed E-state index contributed by atoms with van der Waals surface area (Å²) < 4.78 is 0.